The second-order valence-electron chi connectivity index (χ2n) is 5.18. The van der Waals surface area contributed by atoms with Crippen LogP contribution in [0.3, 0.4) is 0 Å². The van der Waals surface area contributed by atoms with Crippen LogP contribution in [0.2, 0.25) is 5.02 Å². The molecule has 1 aliphatic rings. The fourth-order valence-electron chi connectivity index (χ4n) is 2.72. The highest BCUT2D eigenvalue weighted by atomic mass is 35.5. The smallest absolute Gasteiger partial charge is 0.270 e. The van der Waals surface area contributed by atoms with Crippen LogP contribution in [0.25, 0.3) is 6.08 Å². The minimum absolute atomic E-state index is 0.0154. The summed E-state index contributed by atoms with van der Waals surface area (Å²) in [5.74, 6) is 0.365. The number of benzene rings is 1. The molecule has 1 fully saturated rings. The first-order valence-electron chi connectivity index (χ1n) is 6.87. The highest BCUT2D eigenvalue weighted by Gasteiger charge is 2.18. The summed E-state index contributed by atoms with van der Waals surface area (Å²) in [6, 6.07) is 4.38. The van der Waals surface area contributed by atoms with E-state index in [1.807, 2.05) is 6.08 Å². The normalized spacial score (nSPS) is 17.2. The van der Waals surface area contributed by atoms with Gasteiger partial charge in [-0.3, -0.25) is 10.1 Å². The number of aliphatic hydroxyl groups is 1. The molecule has 108 valence electrons. The third kappa shape index (κ3) is 3.58. The Hall–Kier alpha value is -1.39. The maximum absolute atomic E-state index is 10.8. The first-order valence-corrected chi connectivity index (χ1v) is 7.25. The van der Waals surface area contributed by atoms with Gasteiger partial charge in [-0.25, -0.2) is 0 Å². The van der Waals surface area contributed by atoms with E-state index in [1.54, 1.807) is 0 Å². The molecule has 1 N–H and O–H groups in total. The Balaban J connectivity index is 2.30. The highest BCUT2D eigenvalue weighted by molar-refractivity contribution is 6.32. The average molecular weight is 296 g/mol. The van der Waals surface area contributed by atoms with E-state index < -0.39 is 4.92 Å². The predicted octanol–water partition coefficient (Wildman–Crippen LogP) is 4.20. The van der Waals surface area contributed by atoms with Gasteiger partial charge in [-0.1, -0.05) is 36.9 Å². The lowest BCUT2D eigenvalue weighted by Gasteiger charge is -2.23. The number of hydrogen-bond donors (Lipinski definition) is 1. The SMILES string of the molecule is O=[N+]([O-])c1ccc(Cl)c(/C=C(/CO)C2CCCCC2)c1. The van der Waals surface area contributed by atoms with Crippen LogP contribution in [0, 0.1) is 16.0 Å². The molecule has 4 nitrogen and oxygen atoms in total. The molecule has 0 spiro atoms. The van der Waals surface area contributed by atoms with Crippen molar-refractivity contribution in [2.24, 2.45) is 5.92 Å². The number of non-ortho nitro benzene ring substituents is 1. The van der Waals surface area contributed by atoms with Gasteiger partial charge in [0.25, 0.3) is 5.69 Å². The van der Waals surface area contributed by atoms with Crippen molar-refractivity contribution in [1.29, 1.82) is 0 Å². The zero-order chi connectivity index (χ0) is 14.5. The molecule has 0 radical (unpaired) electrons. The molecule has 1 aliphatic carbocycles. The third-order valence-electron chi connectivity index (χ3n) is 3.84. The zero-order valence-electron chi connectivity index (χ0n) is 11.2. The molecule has 5 heteroatoms. The van der Waals surface area contributed by atoms with E-state index >= 15 is 0 Å². The minimum atomic E-state index is -0.438. The summed E-state index contributed by atoms with van der Waals surface area (Å²) in [5, 5.41) is 20.8. The molecule has 0 atom stereocenters. The number of rotatable bonds is 4. The van der Waals surface area contributed by atoms with Crippen LogP contribution in [-0.4, -0.2) is 16.6 Å². The lowest BCUT2D eigenvalue weighted by atomic mass is 9.83. The summed E-state index contributed by atoms with van der Waals surface area (Å²) in [6.45, 7) is -0.0241. The minimum Gasteiger partial charge on any atom is -0.392 e. The number of nitro benzene ring substituents is 1. The van der Waals surface area contributed by atoms with Gasteiger partial charge in [0.05, 0.1) is 11.5 Å². The number of aliphatic hydroxyl groups excluding tert-OH is 1. The molecular formula is C15H18ClNO3. The van der Waals surface area contributed by atoms with Crippen LogP contribution < -0.4 is 0 Å². The van der Waals surface area contributed by atoms with Crippen molar-refractivity contribution in [2.45, 2.75) is 32.1 Å². The van der Waals surface area contributed by atoms with Crippen molar-refractivity contribution in [2.75, 3.05) is 6.61 Å². The number of nitro groups is 1. The van der Waals surface area contributed by atoms with Crippen molar-refractivity contribution < 1.29 is 10.0 Å². The van der Waals surface area contributed by atoms with E-state index in [-0.39, 0.29) is 12.3 Å². The predicted molar refractivity (Wildman–Crippen MR) is 79.7 cm³/mol. The van der Waals surface area contributed by atoms with Gasteiger partial charge in [-0.2, -0.15) is 0 Å². The maximum Gasteiger partial charge on any atom is 0.270 e. The van der Waals surface area contributed by atoms with Crippen molar-refractivity contribution in [3.63, 3.8) is 0 Å². The van der Waals surface area contributed by atoms with Gasteiger partial charge in [0, 0.05) is 17.2 Å². The second-order valence-corrected chi connectivity index (χ2v) is 5.58. The van der Waals surface area contributed by atoms with Gasteiger partial charge in [-0.05, 0) is 36.0 Å². The van der Waals surface area contributed by atoms with Gasteiger partial charge in [0.2, 0.25) is 0 Å². The Morgan fingerprint density at radius 1 is 1.40 bits per heavy atom. The van der Waals surface area contributed by atoms with Crippen LogP contribution in [0.15, 0.2) is 23.8 Å². The van der Waals surface area contributed by atoms with Crippen molar-refractivity contribution in [3.05, 3.63) is 44.5 Å². The molecule has 0 amide bonds. The van der Waals surface area contributed by atoms with Crippen LogP contribution in [0.1, 0.15) is 37.7 Å². The molecule has 1 aromatic carbocycles. The van der Waals surface area contributed by atoms with E-state index in [0.29, 0.717) is 16.5 Å². The molecule has 0 bridgehead atoms. The molecular weight excluding hydrogens is 278 g/mol. The van der Waals surface area contributed by atoms with Gasteiger partial charge < -0.3 is 5.11 Å². The van der Waals surface area contributed by atoms with Crippen molar-refractivity contribution in [3.8, 4) is 0 Å². The van der Waals surface area contributed by atoms with Gasteiger partial charge in [0.1, 0.15) is 0 Å². The fourth-order valence-corrected chi connectivity index (χ4v) is 2.89. The Morgan fingerprint density at radius 2 is 2.10 bits per heavy atom. The quantitative estimate of drug-likeness (QED) is 0.668. The molecule has 2 rings (SSSR count). The van der Waals surface area contributed by atoms with E-state index in [2.05, 4.69) is 0 Å². The van der Waals surface area contributed by atoms with Crippen molar-refractivity contribution >= 4 is 23.4 Å². The second kappa shape index (κ2) is 6.86. The summed E-state index contributed by atoms with van der Waals surface area (Å²) in [7, 11) is 0. The highest BCUT2D eigenvalue weighted by Crippen LogP contribution is 2.32. The van der Waals surface area contributed by atoms with Crippen LogP contribution in [-0.2, 0) is 0 Å². The third-order valence-corrected chi connectivity index (χ3v) is 4.19. The molecule has 0 aliphatic heterocycles. The van der Waals surface area contributed by atoms with Gasteiger partial charge in [-0.15, -0.1) is 0 Å². The number of hydrogen-bond acceptors (Lipinski definition) is 3. The molecule has 0 heterocycles. The van der Waals surface area contributed by atoms with E-state index in [9.17, 15) is 15.2 Å². The monoisotopic (exact) mass is 295 g/mol. The van der Waals surface area contributed by atoms with Crippen LogP contribution in [0.4, 0.5) is 5.69 Å². The van der Waals surface area contributed by atoms with E-state index in [0.717, 1.165) is 18.4 Å². The molecule has 1 aromatic rings. The van der Waals surface area contributed by atoms with Crippen molar-refractivity contribution in [1.82, 2.24) is 0 Å². The number of halogens is 1. The Kier molecular flexibility index (Phi) is 5.15. The lowest BCUT2D eigenvalue weighted by molar-refractivity contribution is -0.384. The largest absolute Gasteiger partial charge is 0.392 e. The number of nitrogens with zero attached hydrogens (tertiary/aromatic N) is 1. The molecule has 1 saturated carbocycles. The van der Waals surface area contributed by atoms with Crippen LogP contribution in [0.5, 0.6) is 0 Å². The molecule has 0 aromatic heterocycles. The summed E-state index contributed by atoms with van der Waals surface area (Å²) in [4.78, 5) is 10.4. The zero-order valence-corrected chi connectivity index (χ0v) is 12.0. The topological polar surface area (TPSA) is 63.4 Å². The summed E-state index contributed by atoms with van der Waals surface area (Å²) in [6.07, 6.45) is 7.53. The molecule has 20 heavy (non-hydrogen) atoms. The summed E-state index contributed by atoms with van der Waals surface area (Å²) in [5.41, 5.74) is 1.55. The Labute approximate surface area is 123 Å². The van der Waals surface area contributed by atoms with E-state index in [4.69, 9.17) is 11.6 Å². The first kappa shape index (κ1) is 15.0. The van der Waals surface area contributed by atoms with Gasteiger partial charge in [0.15, 0.2) is 0 Å². The molecule has 0 unspecified atom stereocenters. The summed E-state index contributed by atoms with van der Waals surface area (Å²) < 4.78 is 0. The fraction of sp³-hybridized carbons (Fsp3) is 0.467. The molecule has 0 saturated heterocycles. The Morgan fingerprint density at radius 3 is 2.70 bits per heavy atom. The average Bonchev–Trinajstić information content (AvgIpc) is 2.47. The lowest BCUT2D eigenvalue weighted by Crippen LogP contribution is -2.11. The summed E-state index contributed by atoms with van der Waals surface area (Å²) >= 11 is 6.09. The first-order chi connectivity index (χ1) is 9.61. The maximum atomic E-state index is 10.8. The van der Waals surface area contributed by atoms with Crippen LogP contribution >= 0.6 is 11.6 Å². The Bertz CT molecular complexity index is 522. The van der Waals surface area contributed by atoms with E-state index in [1.165, 1.54) is 37.5 Å². The van der Waals surface area contributed by atoms with Gasteiger partial charge >= 0.3 is 0 Å². The standard InChI is InChI=1S/C15H18ClNO3/c16-15-7-6-14(17(19)20)9-12(15)8-13(10-18)11-4-2-1-3-5-11/h6-9,11,18H,1-5,10H2/b13-8-.